The number of anilines is 1. The fraction of sp³-hybridized carbons (Fsp3) is 0.222. The van der Waals surface area contributed by atoms with Crippen LogP contribution in [0.1, 0.15) is 21.5 Å². The van der Waals surface area contributed by atoms with E-state index in [1.165, 1.54) is 18.2 Å². The van der Waals surface area contributed by atoms with Gasteiger partial charge in [-0.25, -0.2) is 4.39 Å². The van der Waals surface area contributed by atoms with Crippen LogP contribution in [-0.4, -0.2) is 24.9 Å². The van der Waals surface area contributed by atoms with E-state index in [0.29, 0.717) is 16.8 Å². The molecule has 2 rings (SSSR count). The van der Waals surface area contributed by atoms with Crippen LogP contribution in [0.4, 0.5) is 10.1 Å². The number of ether oxygens (including phenoxy) is 1. The topological polar surface area (TPSA) is 55.4 Å². The summed E-state index contributed by atoms with van der Waals surface area (Å²) < 4.78 is 18.3. The summed E-state index contributed by atoms with van der Waals surface area (Å²) in [5.41, 5.74) is 2.47. The molecule has 1 amide bonds. The molecule has 0 unspecified atom stereocenters. The van der Waals surface area contributed by atoms with Crippen LogP contribution in [0.25, 0.3) is 0 Å². The highest BCUT2D eigenvalue weighted by molar-refractivity contribution is 5.97. The highest BCUT2D eigenvalue weighted by atomic mass is 19.1. The maximum absolute atomic E-state index is 13.2. The summed E-state index contributed by atoms with van der Waals surface area (Å²) in [5, 5.41) is 2.69. The van der Waals surface area contributed by atoms with Gasteiger partial charge in [-0.3, -0.25) is 9.59 Å². The van der Waals surface area contributed by atoms with E-state index in [9.17, 15) is 14.0 Å². The second-order valence-corrected chi connectivity index (χ2v) is 5.30. The second kappa shape index (κ2) is 7.65. The molecule has 1 N–H and O–H groups in total. The summed E-state index contributed by atoms with van der Waals surface area (Å²) in [6, 6.07) is 11.5. The number of hydrogen-bond acceptors (Lipinski definition) is 3. The average molecular weight is 315 g/mol. The average Bonchev–Trinajstić information content (AvgIpc) is 2.50. The molecule has 0 spiro atoms. The highest BCUT2D eigenvalue weighted by Crippen LogP contribution is 2.11. The van der Waals surface area contributed by atoms with Crippen molar-refractivity contribution in [1.82, 2.24) is 0 Å². The fourth-order valence-corrected chi connectivity index (χ4v) is 2.06. The number of hydrogen-bond donors (Lipinski definition) is 1. The molecule has 4 nitrogen and oxygen atoms in total. The number of aryl methyl sites for hydroxylation is 2. The van der Waals surface area contributed by atoms with Gasteiger partial charge in [-0.05, 0) is 55.3 Å². The van der Waals surface area contributed by atoms with Crippen molar-refractivity contribution in [3.63, 3.8) is 0 Å². The minimum Gasteiger partial charge on any atom is -0.363 e. The quantitative estimate of drug-likeness (QED) is 0.832. The number of Topliss-reactive ketones (excluding diaryl/α,β-unsaturated/α-hetero) is 1. The Balaban J connectivity index is 1.81. The molecule has 0 aliphatic rings. The van der Waals surface area contributed by atoms with Gasteiger partial charge in [-0.15, -0.1) is 0 Å². The predicted octanol–water partition coefficient (Wildman–Crippen LogP) is 3.28. The summed E-state index contributed by atoms with van der Waals surface area (Å²) in [5.74, 6) is -0.991. The zero-order valence-electron chi connectivity index (χ0n) is 13.1. The van der Waals surface area contributed by atoms with Crippen LogP contribution in [0.3, 0.4) is 0 Å². The summed E-state index contributed by atoms with van der Waals surface area (Å²) in [4.78, 5) is 23.7. The lowest BCUT2D eigenvalue weighted by Crippen LogP contribution is -2.21. The molecule has 120 valence electrons. The Morgan fingerprint density at radius 2 is 1.87 bits per heavy atom. The van der Waals surface area contributed by atoms with Crippen molar-refractivity contribution in [1.29, 1.82) is 0 Å². The summed E-state index contributed by atoms with van der Waals surface area (Å²) >= 11 is 0. The molecule has 0 saturated heterocycles. The number of rotatable bonds is 6. The molecule has 0 aliphatic carbocycles. The standard InChI is InChI=1S/C18H18FNO3/c1-12-4-3-5-15(8-12)20-18(22)11-23-10-17(21)14-6-7-16(19)13(2)9-14/h3-9H,10-11H2,1-2H3,(H,20,22). The van der Waals surface area contributed by atoms with Crippen molar-refractivity contribution in [2.24, 2.45) is 0 Å². The number of halogens is 1. The Hall–Kier alpha value is -2.53. The first-order valence-electron chi connectivity index (χ1n) is 7.19. The van der Waals surface area contributed by atoms with Crippen molar-refractivity contribution in [3.05, 3.63) is 65.0 Å². The van der Waals surface area contributed by atoms with Crippen LogP contribution in [0.2, 0.25) is 0 Å². The molecule has 23 heavy (non-hydrogen) atoms. The molecule has 0 heterocycles. The van der Waals surface area contributed by atoms with E-state index in [2.05, 4.69) is 5.32 Å². The van der Waals surface area contributed by atoms with Gasteiger partial charge in [0.25, 0.3) is 0 Å². The third-order valence-electron chi connectivity index (χ3n) is 3.25. The Labute approximate surface area is 134 Å². The number of amides is 1. The third-order valence-corrected chi connectivity index (χ3v) is 3.25. The normalized spacial score (nSPS) is 10.4. The molecule has 2 aromatic carbocycles. The van der Waals surface area contributed by atoms with Gasteiger partial charge in [0.1, 0.15) is 19.0 Å². The molecular weight excluding hydrogens is 297 g/mol. The van der Waals surface area contributed by atoms with Crippen molar-refractivity contribution in [2.75, 3.05) is 18.5 Å². The number of carbonyl (C=O) groups excluding carboxylic acids is 2. The van der Waals surface area contributed by atoms with Gasteiger partial charge in [0.05, 0.1) is 0 Å². The third kappa shape index (κ3) is 5.00. The fourth-order valence-electron chi connectivity index (χ4n) is 2.06. The maximum atomic E-state index is 13.2. The lowest BCUT2D eigenvalue weighted by atomic mass is 10.1. The molecule has 0 aromatic heterocycles. The summed E-state index contributed by atoms with van der Waals surface area (Å²) in [6.07, 6.45) is 0. The number of carbonyl (C=O) groups is 2. The molecule has 0 atom stereocenters. The molecule has 0 radical (unpaired) electrons. The van der Waals surface area contributed by atoms with Crippen LogP contribution >= 0.6 is 0 Å². The zero-order chi connectivity index (χ0) is 16.8. The Bertz CT molecular complexity index is 728. The van der Waals surface area contributed by atoms with Crippen LogP contribution < -0.4 is 5.32 Å². The van der Waals surface area contributed by atoms with E-state index < -0.39 is 0 Å². The highest BCUT2D eigenvalue weighted by Gasteiger charge is 2.10. The van der Waals surface area contributed by atoms with E-state index in [0.717, 1.165) is 5.56 Å². The lowest BCUT2D eigenvalue weighted by molar-refractivity contribution is -0.120. The van der Waals surface area contributed by atoms with E-state index in [1.807, 2.05) is 25.1 Å². The molecule has 0 saturated carbocycles. The zero-order valence-corrected chi connectivity index (χ0v) is 13.1. The largest absolute Gasteiger partial charge is 0.363 e. The Morgan fingerprint density at radius 3 is 2.57 bits per heavy atom. The van der Waals surface area contributed by atoms with E-state index in [1.54, 1.807) is 13.0 Å². The van der Waals surface area contributed by atoms with Gasteiger partial charge in [-0.1, -0.05) is 12.1 Å². The molecule has 0 fully saturated rings. The van der Waals surface area contributed by atoms with Crippen LogP contribution in [-0.2, 0) is 9.53 Å². The molecule has 0 aliphatic heterocycles. The summed E-state index contributed by atoms with van der Waals surface area (Å²) in [6.45, 7) is 3.06. The second-order valence-electron chi connectivity index (χ2n) is 5.30. The molecule has 2 aromatic rings. The van der Waals surface area contributed by atoms with Crippen molar-refractivity contribution in [3.8, 4) is 0 Å². The smallest absolute Gasteiger partial charge is 0.250 e. The van der Waals surface area contributed by atoms with Gasteiger partial charge in [0.2, 0.25) is 5.91 Å². The van der Waals surface area contributed by atoms with Gasteiger partial charge < -0.3 is 10.1 Å². The first-order valence-corrected chi connectivity index (χ1v) is 7.19. The van der Waals surface area contributed by atoms with Crippen molar-refractivity contribution in [2.45, 2.75) is 13.8 Å². The minimum atomic E-state index is -0.361. The van der Waals surface area contributed by atoms with Gasteiger partial charge >= 0.3 is 0 Å². The molecule has 0 bridgehead atoms. The number of benzene rings is 2. The molecular formula is C18H18FNO3. The van der Waals surface area contributed by atoms with Crippen LogP contribution in [0.15, 0.2) is 42.5 Å². The Morgan fingerprint density at radius 1 is 1.09 bits per heavy atom. The SMILES string of the molecule is Cc1cccc(NC(=O)COCC(=O)c2ccc(F)c(C)c2)c1. The first-order chi connectivity index (χ1) is 11.0. The number of ketones is 1. The monoisotopic (exact) mass is 315 g/mol. The van der Waals surface area contributed by atoms with Gasteiger partial charge in [0.15, 0.2) is 5.78 Å². The first kappa shape index (κ1) is 16.8. The van der Waals surface area contributed by atoms with Crippen LogP contribution in [0.5, 0.6) is 0 Å². The van der Waals surface area contributed by atoms with E-state index in [-0.39, 0.29) is 30.7 Å². The van der Waals surface area contributed by atoms with Gasteiger partial charge in [-0.2, -0.15) is 0 Å². The molecule has 5 heteroatoms. The van der Waals surface area contributed by atoms with Gasteiger partial charge in [0, 0.05) is 11.3 Å². The maximum Gasteiger partial charge on any atom is 0.250 e. The van der Waals surface area contributed by atoms with Crippen molar-refractivity contribution < 1.29 is 18.7 Å². The summed E-state index contributed by atoms with van der Waals surface area (Å²) in [7, 11) is 0. The predicted molar refractivity (Wildman–Crippen MR) is 86.1 cm³/mol. The van der Waals surface area contributed by atoms with Crippen molar-refractivity contribution >= 4 is 17.4 Å². The minimum absolute atomic E-state index is 0.222. The van der Waals surface area contributed by atoms with Crippen LogP contribution in [0, 0.1) is 19.7 Å². The van der Waals surface area contributed by atoms with E-state index in [4.69, 9.17) is 4.74 Å². The van der Waals surface area contributed by atoms with E-state index >= 15 is 0 Å². The number of nitrogens with one attached hydrogen (secondary N) is 1. The lowest BCUT2D eigenvalue weighted by Gasteiger charge is -2.07. The Kier molecular flexibility index (Phi) is 5.60.